The minimum atomic E-state index is -2.85. The highest BCUT2D eigenvalue weighted by atomic mass is 19.3. The van der Waals surface area contributed by atoms with Crippen molar-refractivity contribution < 1.29 is 18.3 Å². The Morgan fingerprint density at radius 1 is 1.25 bits per heavy atom. The maximum Gasteiger partial charge on any atom is 0.407 e. The molecule has 0 saturated heterocycles. The van der Waals surface area contributed by atoms with Gasteiger partial charge in [0.25, 0.3) is 5.92 Å². The molecule has 0 fully saturated rings. The molecular weight excluding hydrogens is 264 g/mol. The molecule has 0 aromatic heterocycles. The zero-order chi connectivity index (χ0) is 15.4. The van der Waals surface area contributed by atoms with Gasteiger partial charge < -0.3 is 10.1 Å². The molecule has 0 bridgehead atoms. The molecule has 0 aliphatic carbocycles. The van der Waals surface area contributed by atoms with Crippen LogP contribution >= 0.6 is 0 Å². The topological polar surface area (TPSA) is 38.3 Å². The SMILES string of the molecule is CC(C)(C)OC(=O)NCCc1cccc(C(C)(F)F)c1. The molecule has 0 spiro atoms. The lowest BCUT2D eigenvalue weighted by Crippen LogP contribution is -2.33. The summed E-state index contributed by atoms with van der Waals surface area (Å²) in [5, 5.41) is 2.60. The number of amides is 1. The summed E-state index contributed by atoms with van der Waals surface area (Å²) in [6.07, 6.45) is -0.0298. The molecule has 0 aliphatic heterocycles. The first-order valence-corrected chi connectivity index (χ1v) is 6.52. The van der Waals surface area contributed by atoms with Gasteiger partial charge in [0.1, 0.15) is 5.60 Å². The van der Waals surface area contributed by atoms with E-state index in [-0.39, 0.29) is 5.56 Å². The minimum Gasteiger partial charge on any atom is -0.444 e. The molecule has 1 rings (SSSR count). The van der Waals surface area contributed by atoms with Crippen molar-refractivity contribution in [3.8, 4) is 0 Å². The number of ether oxygens (including phenoxy) is 1. The molecular formula is C15H21F2NO2. The summed E-state index contributed by atoms with van der Waals surface area (Å²) in [4.78, 5) is 11.4. The standard InChI is InChI=1S/C15H21F2NO2/c1-14(2,3)20-13(19)18-9-8-11-6-5-7-12(10-11)15(4,16)17/h5-7,10H,8-9H2,1-4H3,(H,18,19). The summed E-state index contributed by atoms with van der Waals surface area (Å²) in [5.74, 6) is -2.85. The van der Waals surface area contributed by atoms with E-state index in [9.17, 15) is 13.6 Å². The number of carbonyl (C=O) groups is 1. The van der Waals surface area contributed by atoms with Gasteiger partial charge >= 0.3 is 6.09 Å². The normalized spacial score (nSPS) is 12.1. The van der Waals surface area contributed by atoms with Crippen LogP contribution in [0.25, 0.3) is 0 Å². The van der Waals surface area contributed by atoms with Crippen molar-refractivity contribution in [2.24, 2.45) is 0 Å². The summed E-state index contributed by atoms with van der Waals surface area (Å²) in [7, 11) is 0. The molecule has 0 aliphatic rings. The molecule has 0 heterocycles. The van der Waals surface area contributed by atoms with E-state index in [1.165, 1.54) is 12.1 Å². The zero-order valence-corrected chi connectivity index (χ0v) is 12.3. The van der Waals surface area contributed by atoms with Crippen molar-refractivity contribution in [2.75, 3.05) is 6.54 Å². The first-order valence-electron chi connectivity index (χ1n) is 6.52. The van der Waals surface area contributed by atoms with Crippen LogP contribution in [-0.2, 0) is 17.1 Å². The molecule has 1 amide bonds. The van der Waals surface area contributed by atoms with Crippen molar-refractivity contribution in [2.45, 2.75) is 45.6 Å². The van der Waals surface area contributed by atoms with E-state index >= 15 is 0 Å². The third kappa shape index (κ3) is 5.99. The second kappa shape index (κ2) is 6.20. The Labute approximate surface area is 118 Å². The third-order valence-corrected chi connectivity index (χ3v) is 2.52. The molecule has 1 aromatic carbocycles. The first kappa shape index (κ1) is 16.4. The van der Waals surface area contributed by atoms with Crippen molar-refractivity contribution in [1.82, 2.24) is 5.32 Å². The van der Waals surface area contributed by atoms with E-state index in [0.29, 0.717) is 13.0 Å². The van der Waals surface area contributed by atoms with Crippen molar-refractivity contribution in [3.05, 3.63) is 35.4 Å². The number of alkyl carbamates (subject to hydrolysis) is 1. The van der Waals surface area contributed by atoms with Crippen LogP contribution in [0, 0.1) is 0 Å². The molecule has 0 unspecified atom stereocenters. The van der Waals surface area contributed by atoms with E-state index in [2.05, 4.69) is 5.32 Å². The van der Waals surface area contributed by atoms with Gasteiger partial charge in [-0.1, -0.05) is 18.2 Å². The number of alkyl halides is 2. The van der Waals surface area contributed by atoms with Gasteiger partial charge in [0, 0.05) is 19.0 Å². The monoisotopic (exact) mass is 285 g/mol. The lowest BCUT2D eigenvalue weighted by Gasteiger charge is -2.19. The van der Waals surface area contributed by atoms with Gasteiger partial charge in [0.05, 0.1) is 0 Å². The number of nitrogens with one attached hydrogen (secondary N) is 1. The Hall–Kier alpha value is -1.65. The molecule has 3 nitrogen and oxygen atoms in total. The smallest absolute Gasteiger partial charge is 0.407 e. The highest BCUT2D eigenvalue weighted by molar-refractivity contribution is 5.67. The van der Waals surface area contributed by atoms with Crippen molar-refractivity contribution in [1.29, 1.82) is 0 Å². The van der Waals surface area contributed by atoms with Gasteiger partial charge in [-0.15, -0.1) is 0 Å². The first-order chi connectivity index (χ1) is 9.08. The highest BCUT2D eigenvalue weighted by Crippen LogP contribution is 2.27. The van der Waals surface area contributed by atoms with Gasteiger partial charge in [-0.05, 0) is 38.8 Å². The van der Waals surface area contributed by atoms with Gasteiger partial charge in [-0.2, -0.15) is 0 Å². The van der Waals surface area contributed by atoms with E-state index in [1.807, 2.05) is 0 Å². The average Bonchev–Trinajstić information content (AvgIpc) is 2.25. The number of benzene rings is 1. The summed E-state index contributed by atoms with van der Waals surface area (Å²) in [5.41, 5.74) is 0.182. The minimum absolute atomic E-state index is 0.0210. The van der Waals surface area contributed by atoms with Crippen LogP contribution in [0.3, 0.4) is 0 Å². The summed E-state index contributed by atoms with van der Waals surface area (Å²) in [6, 6.07) is 6.20. The second-order valence-electron chi connectivity index (χ2n) is 5.77. The molecule has 1 N–H and O–H groups in total. The van der Waals surface area contributed by atoms with Crippen LogP contribution in [0.4, 0.5) is 13.6 Å². The zero-order valence-electron chi connectivity index (χ0n) is 12.3. The van der Waals surface area contributed by atoms with E-state index < -0.39 is 17.6 Å². The molecule has 1 aromatic rings. The molecule has 0 atom stereocenters. The maximum absolute atomic E-state index is 13.2. The summed E-state index contributed by atoms with van der Waals surface area (Å²) < 4.78 is 31.4. The average molecular weight is 285 g/mol. The molecule has 0 saturated carbocycles. The fourth-order valence-corrected chi connectivity index (χ4v) is 1.62. The molecule has 0 radical (unpaired) electrons. The number of hydrogen-bond donors (Lipinski definition) is 1. The predicted molar refractivity (Wildman–Crippen MR) is 74.0 cm³/mol. The highest BCUT2D eigenvalue weighted by Gasteiger charge is 2.24. The fourth-order valence-electron chi connectivity index (χ4n) is 1.62. The fraction of sp³-hybridized carbons (Fsp3) is 0.533. The van der Waals surface area contributed by atoms with Crippen molar-refractivity contribution >= 4 is 6.09 Å². The predicted octanol–water partition coefficient (Wildman–Crippen LogP) is 3.87. The molecule has 5 heteroatoms. The molecule has 20 heavy (non-hydrogen) atoms. The largest absolute Gasteiger partial charge is 0.444 e. The number of halogens is 2. The van der Waals surface area contributed by atoms with Crippen LogP contribution < -0.4 is 5.32 Å². The molecule has 112 valence electrons. The number of carbonyl (C=O) groups excluding carboxylic acids is 1. The lowest BCUT2D eigenvalue weighted by molar-refractivity contribution is 0.0173. The van der Waals surface area contributed by atoms with E-state index in [4.69, 9.17) is 4.74 Å². The maximum atomic E-state index is 13.2. The van der Waals surface area contributed by atoms with Crippen LogP contribution in [0.2, 0.25) is 0 Å². The lowest BCUT2D eigenvalue weighted by atomic mass is 10.0. The van der Waals surface area contributed by atoms with Crippen LogP contribution in [0.5, 0.6) is 0 Å². The summed E-state index contributed by atoms with van der Waals surface area (Å²) >= 11 is 0. The Morgan fingerprint density at radius 3 is 2.45 bits per heavy atom. The van der Waals surface area contributed by atoms with Crippen molar-refractivity contribution in [3.63, 3.8) is 0 Å². The van der Waals surface area contributed by atoms with Gasteiger partial charge in [-0.3, -0.25) is 0 Å². The number of rotatable bonds is 4. The quantitative estimate of drug-likeness (QED) is 0.912. The Bertz CT molecular complexity index is 462. The Morgan fingerprint density at radius 2 is 1.90 bits per heavy atom. The van der Waals surface area contributed by atoms with E-state index in [0.717, 1.165) is 12.5 Å². The summed E-state index contributed by atoms with van der Waals surface area (Å²) in [6.45, 7) is 6.54. The van der Waals surface area contributed by atoms with Gasteiger partial charge in [-0.25, -0.2) is 13.6 Å². The van der Waals surface area contributed by atoms with E-state index in [1.54, 1.807) is 32.9 Å². The van der Waals surface area contributed by atoms with Crippen LogP contribution in [-0.4, -0.2) is 18.2 Å². The van der Waals surface area contributed by atoms with Gasteiger partial charge in [0.15, 0.2) is 0 Å². The van der Waals surface area contributed by atoms with Crippen LogP contribution in [0.15, 0.2) is 24.3 Å². The van der Waals surface area contributed by atoms with Gasteiger partial charge in [0.2, 0.25) is 0 Å². The second-order valence-corrected chi connectivity index (χ2v) is 5.77. The Balaban J connectivity index is 2.49. The van der Waals surface area contributed by atoms with Crippen LogP contribution in [0.1, 0.15) is 38.8 Å². The third-order valence-electron chi connectivity index (χ3n) is 2.52. The Kier molecular flexibility index (Phi) is 5.09. The number of hydrogen-bond acceptors (Lipinski definition) is 2.